The van der Waals surface area contributed by atoms with Crippen LogP contribution in [0.15, 0.2) is 0 Å². The zero-order valence-corrected chi connectivity index (χ0v) is 11.9. The van der Waals surface area contributed by atoms with Crippen molar-refractivity contribution in [3.8, 4) is 0 Å². The minimum absolute atomic E-state index is 0.219. The number of hydrogen-bond acceptors (Lipinski definition) is 3. The number of unbranched alkanes of at least 4 members (excludes halogenated alkanes) is 1. The molecule has 0 unspecified atom stereocenters. The smallest absolute Gasteiger partial charge is 0.211 e. The van der Waals surface area contributed by atoms with Gasteiger partial charge in [-0.25, -0.2) is 13.1 Å². The number of nitrogens with one attached hydrogen (secondary N) is 2. The normalized spacial score (nSPS) is 18.9. The highest BCUT2D eigenvalue weighted by Crippen LogP contribution is 2.39. The second kappa shape index (κ2) is 6.71. The van der Waals surface area contributed by atoms with E-state index >= 15 is 0 Å². The summed E-state index contributed by atoms with van der Waals surface area (Å²) in [5.41, 5.74) is 0.219. The number of sulfonamides is 1. The molecule has 0 bridgehead atoms. The molecule has 0 aromatic heterocycles. The van der Waals surface area contributed by atoms with E-state index in [4.69, 9.17) is 0 Å². The van der Waals surface area contributed by atoms with Gasteiger partial charge in [0.25, 0.3) is 0 Å². The van der Waals surface area contributed by atoms with Crippen molar-refractivity contribution < 1.29 is 8.42 Å². The predicted octanol–water partition coefficient (Wildman–Crippen LogP) is 1.49. The molecule has 0 atom stereocenters. The van der Waals surface area contributed by atoms with Gasteiger partial charge in [-0.2, -0.15) is 0 Å². The molecular formula is C12H26N2O2S. The number of rotatable bonds is 9. The topological polar surface area (TPSA) is 58.2 Å². The van der Waals surface area contributed by atoms with E-state index in [1.807, 2.05) is 0 Å². The lowest BCUT2D eigenvalue weighted by atomic mass is 9.71. The van der Waals surface area contributed by atoms with E-state index in [0.29, 0.717) is 6.54 Å². The van der Waals surface area contributed by atoms with Crippen LogP contribution in [-0.4, -0.2) is 33.8 Å². The van der Waals surface area contributed by atoms with Crippen molar-refractivity contribution in [3.05, 3.63) is 0 Å². The highest BCUT2D eigenvalue weighted by Gasteiger charge is 2.32. The summed E-state index contributed by atoms with van der Waals surface area (Å²) in [4.78, 5) is 0. The van der Waals surface area contributed by atoms with Gasteiger partial charge in [0.1, 0.15) is 0 Å². The van der Waals surface area contributed by atoms with Crippen molar-refractivity contribution in [2.45, 2.75) is 46.0 Å². The molecule has 1 aliphatic rings. The summed E-state index contributed by atoms with van der Waals surface area (Å²) < 4.78 is 26.2. The van der Waals surface area contributed by atoms with Gasteiger partial charge in [0.15, 0.2) is 0 Å². The van der Waals surface area contributed by atoms with Crippen molar-refractivity contribution in [1.29, 1.82) is 0 Å². The average molecular weight is 262 g/mol. The molecule has 1 fully saturated rings. The summed E-state index contributed by atoms with van der Waals surface area (Å²) in [5.74, 6) is 0.258. The summed E-state index contributed by atoms with van der Waals surface area (Å²) in [7, 11) is -3.06. The third-order valence-electron chi connectivity index (χ3n) is 3.55. The van der Waals surface area contributed by atoms with Crippen molar-refractivity contribution in [2.24, 2.45) is 5.41 Å². The van der Waals surface area contributed by atoms with Crippen LogP contribution in [0.25, 0.3) is 0 Å². The molecule has 0 aliphatic heterocycles. The maximum atomic E-state index is 11.7. The summed E-state index contributed by atoms with van der Waals surface area (Å²) in [5, 5.41) is 3.19. The second-order valence-corrected chi connectivity index (χ2v) is 7.29. The van der Waals surface area contributed by atoms with Crippen LogP contribution in [0.3, 0.4) is 0 Å². The summed E-state index contributed by atoms with van der Waals surface area (Å²) in [6.07, 6.45) is 5.19. The second-order valence-electron chi connectivity index (χ2n) is 5.36. The van der Waals surface area contributed by atoms with E-state index in [-0.39, 0.29) is 11.2 Å². The Morgan fingerprint density at radius 3 is 2.47 bits per heavy atom. The molecule has 0 aromatic carbocycles. The first-order chi connectivity index (χ1) is 7.97. The molecule has 4 nitrogen and oxygen atoms in total. The lowest BCUT2D eigenvalue weighted by Crippen LogP contribution is -2.40. The van der Waals surface area contributed by atoms with Crippen LogP contribution in [0, 0.1) is 5.41 Å². The fourth-order valence-electron chi connectivity index (χ4n) is 2.03. The van der Waals surface area contributed by atoms with Crippen LogP contribution < -0.4 is 10.0 Å². The van der Waals surface area contributed by atoms with Crippen LogP contribution in [0.1, 0.15) is 46.0 Å². The Morgan fingerprint density at radius 2 is 1.94 bits per heavy atom. The molecule has 0 amide bonds. The molecule has 0 saturated heterocycles. The molecule has 2 N–H and O–H groups in total. The monoisotopic (exact) mass is 262 g/mol. The lowest BCUT2D eigenvalue weighted by Gasteiger charge is -2.38. The van der Waals surface area contributed by atoms with Gasteiger partial charge in [-0.1, -0.05) is 20.3 Å². The molecule has 17 heavy (non-hydrogen) atoms. The SMILES string of the molecule is CCNCCCCS(=O)(=O)NCC1(C)CCC1. The summed E-state index contributed by atoms with van der Waals surface area (Å²) in [6, 6.07) is 0. The average Bonchev–Trinajstić information content (AvgIpc) is 2.24. The molecule has 102 valence electrons. The zero-order valence-electron chi connectivity index (χ0n) is 11.1. The molecule has 0 spiro atoms. The van der Waals surface area contributed by atoms with Crippen molar-refractivity contribution in [3.63, 3.8) is 0 Å². The third-order valence-corrected chi connectivity index (χ3v) is 4.96. The highest BCUT2D eigenvalue weighted by atomic mass is 32.2. The van der Waals surface area contributed by atoms with Gasteiger partial charge in [-0.3, -0.25) is 0 Å². The summed E-state index contributed by atoms with van der Waals surface area (Å²) >= 11 is 0. The van der Waals surface area contributed by atoms with Gasteiger partial charge in [-0.15, -0.1) is 0 Å². The molecule has 0 heterocycles. The van der Waals surface area contributed by atoms with Crippen LogP contribution in [-0.2, 0) is 10.0 Å². The predicted molar refractivity (Wildman–Crippen MR) is 71.5 cm³/mol. The van der Waals surface area contributed by atoms with E-state index in [1.165, 1.54) is 6.42 Å². The lowest BCUT2D eigenvalue weighted by molar-refractivity contribution is 0.166. The van der Waals surface area contributed by atoms with Gasteiger partial charge < -0.3 is 5.32 Å². The van der Waals surface area contributed by atoms with E-state index in [1.54, 1.807) is 0 Å². The molecule has 1 rings (SSSR count). The van der Waals surface area contributed by atoms with E-state index < -0.39 is 10.0 Å². The molecular weight excluding hydrogens is 236 g/mol. The van der Waals surface area contributed by atoms with Crippen molar-refractivity contribution in [2.75, 3.05) is 25.4 Å². The zero-order chi connectivity index (χ0) is 12.8. The van der Waals surface area contributed by atoms with E-state index in [2.05, 4.69) is 23.9 Å². The maximum absolute atomic E-state index is 11.7. The Labute approximate surface area is 106 Å². The van der Waals surface area contributed by atoms with Crippen molar-refractivity contribution >= 4 is 10.0 Å². The van der Waals surface area contributed by atoms with Crippen molar-refractivity contribution in [1.82, 2.24) is 10.0 Å². The van der Waals surface area contributed by atoms with Crippen LogP contribution in [0.2, 0.25) is 0 Å². The van der Waals surface area contributed by atoms with Crippen LogP contribution >= 0.6 is 0 Å². The van der Waals surface area contributed by atoms with Gasteiger partial charge in [-0.05, 0) is 44.2 Å². The van der Waals surface area contributed by atoms with Crippen LogP contribution in [0.4, 0.5) is 0 Å². The van der Waals surface area contributed by atoms with E-state index in [0.717, 1.165) is 38.8 Å². The molecule has 0 aromatic rings. The Morgan fingerprint density at radius 1 is 1.24 bits per heavy atom. The fraction of sp³-hybridized carbons (Fsp3) is 1.00. The highest BCUT2D eigenvalue weighted by molar-refractivity contribution is 7.89. The fourth-order valence-corrected chi connectivity index (χ4v) is 3.33. The molecule has 1 saturated carbocycles. The van der Waals surface area contributed by atoms with Crippen LogP contribution in [0.5, 0.6) is 0 Å². The third kappa shape index (κ3) is 5.84. The first kappa shape index (κ1) is 14.9. The quantitative estimate of drug-likeness (QED) is 0.619. The van der Waals surface area contributed by atoms with Gasteiger partial charge in [0.2, 0.25) is 10.0 Å². The Balaban J connectivity index is 2.13. The number of hydrogen-bond donors (Lipinski definition) is 2. The largest absolute Gasteiger partial charge is 0.317 e. The van der Waals surface area contributed by atoms with Gasteiger partial charge >= 0.3 is 0 Å². The Kier molecular flexibility index (Phi) is 5.89. The summed E-state index contributed by atoms with van der Waals surface area (Å²) in [6.45, 7) is 6.68. The standard InChI is InChI=1S/C12H26N2O2S/c1-3-13-9-4-5-10-17(15,16)14-11-12(2)7-6-8-12/h13-14H,3-11H2,1-2H3. The van der Waals surface area contributed by atoms with Gasteiger partial charge in [0.05, 0.1) is 5.75 Å². The molecule has 1 aliphatic carbocycles. The first-order valence-corrected chi connectivity index (χ1v) is 8.31. The first-order valence-electron chi connectivity index (χ1n) is 6.65. The van der Waals surface area contributed by atoms with E-state index in [9.17, 15) is 8.42 Å². The minimum Gasteiger partial charge on any atom is -0.317 e. The van der Waals surface area contributed by atoms with Gasteiger partial charge in [0, 0.05) is 6.54 Å². The Hall–Kier alpha value is -0.130. The minimum atomic E-state index is -3.06. The molecule has 5 heteroatoms. The Bertz CT molecular complexity index is 310. The maximum Gasteiger partial charge on any atom is 0.211 e. The molecule has 0 radical (unpaired) electrons.